The smallest absolute Gasteiger partial charge is 0.0726 e. The highest BCUT2D eigenvalue weighted by Gasteiger charge is 2.52. The molecule has 1 nitrogen and oxygen atoms in total. The van der Waals surface area contributed by atoms with Crippen LogP contribution in [0.25, 0.3) is 53.7 Å². The van der Waals surface area contributed by atoms with Crippen LogP contribution in [-0.4, -0.2) is 5.71 Å². The maximum atomic E-state index is 5.61. The van der Waals surface area contributed by atoms with Crippen LogP contribution in [0.3, 0.4) is 0 Å². The molecule has 244 valence electrons. The van der Waals surface area contributed by atoms with Gasteiger partial charge in [-0.15, -0.1) is 11.3 Å². The number of thiophene rings is 1. The summed E-state index contributed by atoms with van der Waals surface area (Å²) in [7, 11) is 0. The molecule has 3 aliphatic rings. The molecule has 2 heterocycles. The second-order valence-electron chi connectivity index (χ2n) is 14.0. The zero-order valence-electron chi connectivity index (χ0n) is 28.5. The molecule has 52 heavy (non-hydrogen) atoms. The van der Waals surface area contributed by atoms with Crippen molar-refractivity contribution in [2.24, 2.45) is 4.99 Å². The Kier molecular flexibility index (Phi) is 6.53. The minimum atomic E-state index is -0.425. The van der Waals surface area contributed by atoms with E-state index in [-0.39, 0.29) is 0 Å². The number of rotatable bonds is 3. The summed E-state index contributed by atoms with van der Waals surface area (Å²) in [5.41, 5.74) is 17.3. The molecular formula is C50H33NS. The molecule has 0 fully saturated rings. The molecule has 11 rings (SSSR count). The summed E-state index contributed by atoms with van der Waals surface area (Å²) in [5, 5.41) is 2.73. The van der Waals surface area contributed by atoms with Crippen LogP contribution in [0.5, 0.6) is 0 Å². The van der Waals surface area contributed by atoms with Gasteiger partial charge in [0.15, 0.2) is 0 Å². The zero-order valence-corrected chi connectivity index (χ0v) is 29.3. The third kappa shape index (κ3) is 4.13. The van der Waals surface area contributed by atoms with Crippen LogP contribution in [-0.2, 0) is 5.41 Å². The Bertz CT molecular complexity index is 2830. The summed E-state index contributed by atoms with van der Waals surface area (Å²) in [5.74, 6) is 0. The molecule has 1 unspecified atom stereocenters. The van der Waals surface area contributed by atoms with Crippen molar-refractivity contribution in [1.82, 2.24) is 0 Å². The van der Waals surface area contributed by atoms with Crippen LogP contribution < -0.4 is 0 Å². The normalized spacial score (nSPS) is 17.1. The van der Waals surface area contributed by atoms with E-state index < -0.39 is 5.41 Å². The van der Waals surface area contributed by atoms with E-state index in [1.807, 2.05) is 11.3 Å². The molecule has 1 spiro atoms. The second kappa shape index (κ2) is 11.5. The molecule has 0 amide bonds. The first-order valence-corrected chi connectivity index (χ1v) is 19.0. The topological polar surface area (TPSA) is 12.4 Å². The average Bonchev–Trinajstić information content (AvgIpc) is 3.83. The molecule has 2 aliphatic carbocycles. The van der Waals surface area contributed by atoms with Gasteiger partial charge < -0.3 is 0 Å². The van der Waals surface area contributed by atoms with E-state index in [9.17, 15) is 0 Å². The molecule has 2 heteroatoms. The van der Waals surface area contributed by atoms with Crippen LogP contribution in [0.4, 0.5) is 0 Å². The van der Waals surface area contributed by atoms with Gasteiger partial charge in [0.1, 0.15) is 0 Å². The fourth-order valence-electron chi connectivity index (χ4n) is 9.32. The summed E-state index contributed by atoms with van der Waals surface area (Å²) in [4.78, 5) is 5.61. The van der Waals surface area contributed by atoms with E-state index in [0.717, 1.165) is 29.8 Å². The van der Waals surface area contributed by atoms with Gasteiger partial charge in [-0.05, 0) is 86.7 Å². The van der Waals surface area contributed by atoms with E-state index >= 15 is 0 Å². The van der Waals surface area contributed by atoms with Gasteiger partial charge in [0.2, 0.25) is 0 Å². The highest BCUT2D eigenvalue weighted by atomic mass is 32.1. The Hall–Kier alpha value is -6.09. The van der Waals surface area contributed by atoms with E-state index in [1.54, 1.807) is 0 Å². The Morgan fingerprint density at radius 2 is 1.10 bits per heavy atom. The lowest BCUT2D eigenvalue weighted by Crippen LogP contribution is -2.26. The number of fused-ring (bicyclic) bond motifs is 14. The molecule has 1 aliphatic heterocycles. The lowest BCUT2D eigenvalue weighted by atomic mass is 9.70. The van der Waals surface area contributed by atoms with E-state index in [4.69, 9.17) is 4.99 Å². The van der Waals surface area contributed by atoms with E-state index in [2.05, 4.69) is 176 Å². The summed E-state index contributed by atoms with van der Waals surface area (Å²) < 4.78 is 2.69. The minimum absolute atomic E-state index is 0.425. The molecular weight excluding hydrogens is 647 g/mol. The number of nitrogens with zero attached hydrogens (tertiary/aromatic N) is 1. The SMILES string of the molecule is C1=C(c2ccccc2)C=C(c2ccccc2)N=C(c2cccc3c2-c2ccccc2C32c3ccccc3-c3c2ccc2sc4ccccc4c32)CC1. The summed E-state index contributed by atoms with van der Waals surface area (Å²) in [6.07, 6.45) is 6.43. The average molecular weight is 680 g/mol. The predicted octanol–water partition coefficient (Wildman–Crippen LogP) is 13.1. The van der Waals surface area contributed by atoms with Crippen molar-refractivity contribution in [2.75, 3.05) is 0 Å². The highest BCUT2D eigenvalue weighted by molar-refractivity contribution is 7.26. The maximum absolute atomic E-state index is 5.61. The lowest BCUT2D eigenvalue weighted by molar-refractivity contribution is 0.794. The van der Waals surface area contributed by atoms with Crippen molar-refractivity contribution in [3.8, 4) is 22.3 Å². The van der Waals surface area contributed by atoms with Gasteiger partial charge in [-0.1, -0.05) is 158 Å². The molecule has 0 N–H and O–H groups in total. The van der Waals surface area contributed by atoms with Gasteiger partial charge >= 0.3 is 0 Å². The summed E-state index contributed by atoms with van der Waals surface area (Å²) in [6.45, 7) is 0. The molecule has 8 aromatic rings. The van der Waals surface area contributed by atoms with Gasteiger partial charge in [0, 0.05) is 37.0 Å². The first-order chi connectivity index (χ1) is 25.8. The maximum Gasteiger partial charge on any atom is 0.0726 e. The van der Waals surface area contributed by atoms with Gasteiger partial charge in [-0.3, -0.25) is 4.99 Å². The summed E-state index contributed by atoms with van der Waals surface area (Å²) >= 11 is 1.90. The van der Waals surface area contributed by atoms with Gasteiger partial charge in [-0.2, -0.15) is 0 Å². The lowest BCUT2D eigenvalue weighted by Gasteiger charge is -2.30. The van der Waals surface area contributed by atoms with Crippen LogP contribution in [0, 0.1) is 0 Å². The summed E-state index contributed by atoms with van der Waals surface area (Å²) in [6, 6.07) is 60.4. The van der Waals surface area contributed by atoms with Crippen LogP contribution >= 0.6 is 11.3 Å². The highest BCUT2D eigenvalue weighted by Crippen LogP contribution is 2.65. The molecule has 1 atom stereocenters. The Balaban J connectivity index is 1.18. The predicted molar refractivity (Wildman–Crippen MR) is 220 cm³/mol. The number of benzene rings is 7. The molecule has 0 saturated carbocycles. The van der Waals surface area contributed by atoms with Crippen molar-refractivity contribution in [2.45, 2.75) is 18.3 Å². The van der Waals surface area contributed by atoms with Crippen molar-refractivity contribution >= 4 is 48.5 Å². The number of hydrogen-bond acceptors (Lipinski definition) is 2. The third-order valence-corrected chi connectivity index (χ3v) is 12.5. The molecule has 0 saturated heterocycles. The van der Waals surface area contributed by atoms with Gasteiger partial charge in [0.05, 0.1) is 11.1 Å². The largest absolute Gasteiger partial charge is 0.252 e. The molecule has 0 radical (unpaired) electrons. The number of aliphatic imine (C=N–C) groups is 1. The van der Waals surface area contributed by atoms with Gasteiger partial charge in [0.25, 0.3) is 0 Å². The number of hydrogen-bond donors (Lipinski definition) is 0. The Morgan fingerprint density at radius 3 is 1.88 bits per heavy atom. The van der Waals surface area contributed by atoms with Gasteiger partial charge in [-0.25, -0.2) is 0 Å². The second-order valence-corrected chi connectivity index (χ2v) is 15.1. The van der Waals surface area contributed by atoms with Crippen LogP contribution in [0.15, 0.2) is 181 Å². The Morgan fingerprint density at radius 1 is 0.481 bits per heavy atom. The minimum Gasteiger partial charge on any atom is -0.252 e. The van der Waals surface area contributed by atoms with Crippen molar-refractivity contribution < 1.29 is 0 Å². The van der Waals surface area contributed by atoms with Crippen molar-refractivity contribution in [1.29, 1.82) is 0 Å². The van der Waals surface area contributed by atoms with E-state index in [1.165, 1.54) is 81.4 Å². The zero-order chi connectivity index (χ0) is 34.2. The fraction of sp³-hybridized carbons (Fsp3) is 0.0600. The number of allylic oxidation sites excluding steroid dienone is 3. The van der Waals surface area contributed by atoms with Crippen molar-refractivity contribution in [3.05, 3.63) is 215 Å². The molecule has 0 bridgehead atoms. The third-order valence-electron chi connectivity index (χ3n) is 11.4. The monoisotopic (exact) mass is 679 g/mol. The first kappa shape index (κ1) is 29.6. The van der Waals surface area contributed by atoms with Crippen LogP contribution in [0.1, 0.15) is 51.8 Å². The quantitative estimate of drug-likeness (QED) is 0.176. The fourth-order valence-corrected chi connectivity index (χ4v) is 10.4. The Labute approximate surface area is 307 Å². The molecule has 7 aromatic carbocycles. The van der Waals surface area contributed by atoms with Crippen molar-refractivity contribution in [3.63, 3.8) is 0 Å². The van der Waals surface area contributed by atoms with Crippen LogP contribution in [0.2, 0.25) is 0 Å². The first-order valence-electron chi connectivity index (χ1n) is 18.2. The standard InChI is InChI=1S/C50H33NS/c1-3-15-32(16-4-1)34-19-13-27-43(51-44(31-34)33-17-5-2-6-18-33)37-23-14-26-41-47(37)35-20-7-10-24-39(35)50(41)40-25-11-8-21-36(40)48-42(50)29-30-46-49(48)38-22-9-12-28-45(38)52-46/h1-12,14-26,28-31H,13,27H2. The van der Waals surface area contributed by atoms with E-state index in [0.29, 0.717) is 0 Å². The molecule has 1 aromatic heterocycles.